The van der Waals surface area contributed by atoms with Crippen molar-refractivity contribution in [1.82, 2.24) is 14.5 Å². The highest BCUT2D eigenvalue weighted by atomic mass is 32.2. The van der Waals surface area contributed by atoms with Crippen LogP contribution in [-0.4, -0.2) is 48.3 Å². The molecule has 2 aromatic carbocycles. The Balaban J connectivity index is 1.60. The third-order valence-electron chi connectivity index (χ3n) is 7.16. The van der Waals surface area contributed by atoms with Crippen molar-refractivity contribution < 1.29 is 26.4 Å². The Bertz CT molecular complexity index is 1190. The fourth-order valence-electron chi connectivity index (χ4n) is 5.37. The van der Waals surface area contributed by atoms with Gasteiger partial charge >= 0.3 is 6.18 Å². The molecule has 2 fully saturated rings. The maximum atomic E-state index is 13.6. The summed E-state index contributed by atoms with van der Waals surface area (Å²) in [6.07, 6.45) is -3.30. The largest absolute Gasteiger partial charge is 0.416 e. The zero-order valence-electron chi connectivity index (χ0n) is 20.6. The highest BCUT2D eigenvalue weighted by Gasteiger charge is 2.54. The average molecular weight is 524 g/mol. The topological polar surface area (TPSA) is 69.7 Å². The summed E-state index contributed by atoms with van der Waals surface area (Å²) in [4.78, 5) is 15.1. The van der Waals surface area contributed by atoms with Crippen molar-refractivity contribution in [2.24, 2.45) is 5.92 Å². The number of hydrogen-bond donors (Lipinski definition) is 1. The van der Waals surface area contributed by atoms with E-state index < -0.39 is 27.4 Å². The number of piperidine rings is 1. The number of benzene rings is 2. The molecule has 0 radical (unpaired) electrons. The number of rotatable bonds is 6. The van der Waals surface area contributed by atoms with E-state index in [2.05, 4.69) is 19.2 Å². The van der Waals surface area contributed by atoms with E-state index in [1.54, 1.807) is 0 Å². The Labute approximate surface area is 210 Å². The van der Waals surface area contributed by atoms with Crippen LogP contribution in [0.15, 0.2) is 59.5 Å². The molecule has 1 N–H and O–H groups in total. The number of alkyl halides is 3. The normalized spacial score (nSPS) is 21.9. The van der Waals surface area contributed by atoms with Gasteiger partial charge < -0.3 is 4.90 Å². The van der Waals surface area contributed by atoms with Crippen molar-refractivity contribution in [2.45, 2.75) is 68.9 Å². The predicted octanol–water partition coefficient (Wildman–Crippen LogP) is 4.79. The van der Waals surface area contributed by atoms with Gasteiger partial charge in [0.15, 0.2) is 0 Å². The molecule has 196 valence electrons. The van der Waals surface area contributed by atoms with E-state index in [4.69, 9.17) is 0 Å². The zero-order valence-corrected chi connectivity index (χ0v) is 21.4. The zero-order chi connectivity index (χ0) is 26.3. The Morgan fingerprint density at radius 2 is 1.67 bits per heavy atom. The number of sulfonamides is 1. The van der Waals surface area contributed by atoms with Crippen LogP contribution in [0.2, 0.25) is 0 Å². The SMILES string of the molecule is CC(C)C[C@H]1NC2(CCN(S(=O)(=O)c3cccc(C(F)(F)F)c3)CC2)N([C@H](C)c2ccccc2)C1=O. The van der Waals surface area contributed by atoms with Crippen molar-refractivity contribution in [1.29, 1.82) is 0 Å². The molecular formula is C26H32F3N3O3S. The van der Waals surface area contributed by atoms with Crippen molar-refractivity contribution in [3.8, 4) is 0 Å². The molecule has 0 aliphatic carbocycles. The number of hydrogen-bond acceptors (Lipinski definition) is 4. The number of halogens is 3. The van der Waals surface area contributed by atoms with Gasteiger partial charge in [0.1, 0.15) is 0 Å². The minimum Gasteiger partial charge on any atom is -0.316 e. The number of amides is 1. The van der Waals surface area contributed by atoms with E-state index in [1.807, 2.05) is 42.2 Å². The highest BCUT2D eigenvalue weighted by molar-refractivity contribution is 7.89. The van der Waals surface area contributed by atoms with Crippen molar-refractivity contribution in [3.63, 3.8) is 0 Å². The standard InChI is InChI=1S/C26H32F3N3O3S/c1-18(2)16-23-24(33)32(19(3)20-8-5-4-6-9-20)25(30-23)12-14-31(15-13-25)36(34,35)22-11-7-10-21(17-22)26(27,28)29/h4-11,17-19,23,30H,12-16H2,1-3H3/t19-,23-/m1/s1. The first-order chi connectivity index (χ1) is 16.8. The molecule has 0 saturated carbocycles. The van der Waals surface area contributed by atoms with E-state index in [9.17, 15) is 26.4 Å². The second-order valence-corrected chi connectivity index (χ2v) is 12.0. The third kappa shape index (κ3) is 5.03. The van der Waals surface area contributed by atoms with Gasteiger partial charge in [-0.2, -0.15) is 17.5 Å². The van der Waals surface area contributed by atoms with E-state index in [-0.39, 0.29) is 41.9 Å². The Kier molecular flexibility index (Phi) is 7.24. The average Bonchev–Trinajstić information content (AvgIpc) is 3.08. The molecule has 0 bridgehead atoms. The molecule has 2 aromatic rings. The van der Waals surface area contributed by atoms with Gasteiger partial charge in [-0.15, -0.1) is 0 Å². The maximum Gasteiger partial charge on any atom is 0.416 e. The first-order valence-corrected chi connectivity index (χ1v) is 13.6. The molecule has 2 saturated heterocycles. The van der Waals surface area contributed by atoms with Gasteiger partial charge in [0.05, 0.1) is 28.2 Å². The molecule has 0 aromatic heterocycles. The third-order valence-corrected chi connectivity index (χ3v) is 9.06. The van der Waals surface area contributed by atoms with Gasteiger partial charge in [0.25, 0.3) is 0 Å². The Morgan fingerprint density at radius 3 is 2.25 bits per heavy atom. The molecule has 2 heterocycles. The molecule has 2 aliphatic rings. The van der Waals surface area contributed by atoms with Gasteiger partial charge in [0, 0.05) is 13.1 Å². The summed E-state index contributed by atoms with van der Waals surface area (Å²) in [7, 11) is -4.12. The lowest BCUT2D eigenvalue weighted by Crippen LogP contribution is -2.60. The van der Waals surface area contributed by atoms with Crippen LogP contribution in [-0.2, 0) is 21.0 Å². The maximum absolute atomic E-state index is 13.6. The predicted molar refractivity (Wildman–Crippen MR) is 130 cm³/mol. The van der Waals surface area contributed by atoms with E-state index in [0.717, 1.165) is 17.7 Å². The van der Waals surface area contributed by atoms with Gasteiger partial charge in [-0.25, -0.2) is 8.42 Å². The summed E-state index contributed by atoms with van der Waals surface area (Å²) in [5, 5.41) is 3.54. The molecule has 10 heteroatoms. The smallest absolute Gasteiger partial charge is 0.316 e. The van der Waals surface area contributed by atoms with Crippen molar-refractivity contribution in [2.75, 3.05) is 13.1 Å². The highest BCUT2D eigenvalue weighted by Crippen LogP contribution is 2.41. The summed E-state index contributed by atoms with van der Waals surface area (Å²) in [5.74, 6) is 0.283. The monoisotopic (exact) mass is 523 g/mol. The number of carbonyl (C=O) groups is 1. The fraction of sp³-hybridized carbons (Fsp3) is 0.500. The molecule has 0 unspecified atom stereocenters. The minimum absolute atomic E-state index is 0.00533. The fourth-order valence-corrected chi connectivity index (χ4v) is 6.86. The lowest BCUT2D eigenvalue weighted by Gasteiger charge is -2.46. The van der Waals surface area contributed by atoms with Crippen LogP contribution in [0, 0.1) is 5.92 Å². The van der Waals surface area contributed by atoms with Crippen LogP contribution in [0.3, 0.4) is 0 Å². The molecule has 1 amide bonds. The van der Waals surface area contributed by atoms with Crippen LogP contribution in [0.5, 0.6) is 0 Å². The Morgan fingerprint density at radius 1 is 1.03 bits per heavy atom. The Hall–Kier alpha value is -2.43. The summed E-state index contributed by atoms with van der Waals surface area (Å²) in [6, 6.07) is 12.9. The van der Waals surface area contributed by atoms with Crippen LogP contribution in [0.1, 0.15) is 57.2 Å². The lowest BCUT2D eigenvalue weighted by atomic mass is 9.94. The quantitative estimate of drug-likeness (QED) is 0.591. The van der Waals surface area contributed by atoms with Crippen LogP contribution in [0.25, 0.3) is 0 Å². The van der Waals surface area contributed by atoms with Gasteiger partial charge in [-0.05, 0) is 55.9 Å². The van der Waals surface area contributed by atoms with E-state index in [0.29, 0.717) is 25.3 Å². The van der Waals surface area contributed by atoms with Gasteiger partial charge in [-0.3, -0.25) is 10.1 Å². The van der Waals surface area contributed by atoms with Crippen LogP contribution >= 0.6 is 0 Å². The number of nitrogens with one attached hydrogen (secondary N) is 1. The lowest BCUT2D eigenvalue weighted by molar-refractivity contribution is -0.138. The number of nitrogens with zero attached hydrogens (tertiary/aromatic N) is 2. The van der Waals surface area contributed by atoms with Gasteiger partial charge in [-0.1, -0.05) is 50.2 Å². The summed E-state index contributed by atoms with van der Waals surface area (Å²) in [6.45, 7) is 6.25. The van der Waals surface area contributed by atoms with Crippen LogP contribution in [0.4, 0.5) is 13.2 Å². The number of carbonyl (C=O) groups excluding carboxylic acids is 1. The van der Waals surface area contributed by atoms with E-state index >= 15 is 0 Å². The molecule has 2 aliphatic heterocycles. The molecule has 4 rings (SSSR count). The first-order valence-electron chi connectivity index (χ1n) is 12.2. The van der Waals surface area contributed by atoms with E-state index in [1.165, 1.54) is 10.4 Å². The summed E-state index contributed by atoms with van der Waals surface area (Å²) in [5.41, 5.74) is -0.748. The van der Waals surface area contributed by atoms with Crippen LogP contribution < -0.4 is 5.32 Å². The van der Waals surface area contributed by atoms with Crippen molar-refractivity contribution in [3.05, 3.63) is 65.7 Å². The molecular weight excluding hydrogens is 491 g/mol. The minimum atomic E-state index is -4.63. The first kappa shape index (κ1) is 26.6. The second kappa shape index (κ2) is 9.79. The molecule has 6 nitrogen and oxygen atoms in total. The second-order valence-electron chi connectivity index (χ2n) is 10.1. The summed E-state index contributed by atoms with van der Waals surface area (Å²) >= 11 is 0. The molecule has 1 spiro atoms. The molecule has 36 heavy (non-hydrogen) atoms. The summed E-state index contributed by atoms with van der Waals surface area (Å²) < 4.78 is 67.2. The van der Waals surface area contributed by atoms with Crippen molar-refractivity contribution >= 4 is 15.9 Å². The van der Waals surface area contributed by atoms with Gasteiger partial charge in [0.2, 0.25) is 15.9 Å². The molecule has 2 atom stereocenters.